The smallest absolute Gasteiger partial charge is 0.0650 e. The molecule has 0 aliphatic carbocycles. The van der Waals surface area contributed by atoms with Gasteiger partial charge in [-0.3, -0.25) is 0 Å². The monoisotopic (exact) mass is 274 g/mol. The van der Waals surface area contributed by atoms with Crippen LogP contribution in [0.2, 0.25) is 0 Å². The minimum absolute atomic E-state index is 0.119. The molecule has 0 fully saturated rings. The first-order valence-electron chi connectivity index (χ1n) is 7.74. The zero-order valence-electron chi connectivity index (χ0n) is 13.3. The Kier molecular flexibility index (Phi) is 10.4. The van der Waals surface area contributed by atoms with Crippen molar-refractivity contribution in [3.05, 3.63) is 0 Å². The summed E-state index contributed by atoms with van der Waals surface area (Å²) in [6.45, 7) is 9.25. The highest BCUT2D eigenvalue weighted by Crippen LogP contribution is 2.25. The summed E-state index contributed by atoms with van der Waals surface area (Å²) in [4.78, 5) is 0. The van der Waals surface area contributed by atoms with Gasteiger partial charge in [0.15, 0.2) is 0 Å². The molecule has 0 aliphatic heterocycles. The second kappa shape index (κ2) is 10.2. The molecule has 0 saturated carbocycles. The van der Waals surface area contributed by atoms with Gasteiger partial charge in [0.25, 0.3) is 0 Å². The summed E-state index contributed by atoms with van der Waals surface area (Å²) in [5.74, 6) is 1.71. The number of rotatable bonds is 11. The Hall–Kier alpha value is 0.390. The summed E-state index contributed by atoms with van der Waals surface area (Å²) < 4.78 is 5.66. The largest absolute Gasteiger partial charge is 0.379 e. The highest BCUT2D eigenvalue weighted by Gasteiger charge is 2.21. The van der Waals surface area contributed by atoms with Crippen molar-refractivity contribution in [3.63, 3.8) is 0 Å². The Balaban J connectivity index is 3.66. The molecule has 1 nitrogen and oxygen atoms in total. The summed E-state index contributed by atoms with van der Waals surface area (Å²) in [5, 5.41) is 0. The maximum Gasteiger partial charge on any atom is 0.0650 e. The molecule has 0 aromatic carbocycles. The van der Waals surface area contributed by atoms with E-state index in [1.165, 1.54) is 51.1 Å². The van der Waals surface area contributed by atoms with Gasteiger partial charge in [-0.2, -0.15) is 0 Å². The molecule has 0 bridgehead atoms. The van der Waals surface area contributed by atoms with E-state index in [1.807, 2.05) is 7.11 Å². The second-order valence-electron chi connectivity index (χ2n) is 6.19. The van der Waals surface area contributed by atoms with Crippen molar-refractivity contribution in [1.82, 2.24) is 0 Å². The van der Waals surface area contributed by atoms with Crippen molar-refractivity contribution in [1.29, 1.82) is 0 Å². The van der Waals surface area contributed by atoms with Gasteiger partial charge < -0.3 is 4.74 Å². The van der Waals surface area contributed by atoms with Gasteiger partial charge in [-0.25, -0.2) is 0 Å². The van der Waals surface area contributed by atoms with Crippen LogP contribution in [0.5, 0.6) is 0 Å². The molecule has 0 heterocycles. The molecular formula is C16H35OP. The van der Waals surface area contributed by atoms with E-state index in [2.05, 4.69) is 36.9 Å². The van der Waals surface area contributed by atoms with E-state index in [-0.39, 0.29) is 5.60 Å². The predicted molar refractivity (Wildman–Crippen MR) is 86.3 cm³/mol. The molecule has 4 unspecified atom stereocenters. The molecule has 4 atom stereocenters. The average Bonchev–Trinajstić information content (AvgIpc) is 2.37. The lowest BCUT2D eigenvalue weighted by Crippen LogP contribution is -2.26. The fraction of sp³-hybridized carbons (Fsp3) is 1.00. The lowest BCUT2D eigenvalue weighted by atomic mass is 9.90. The van der Waals surface area contributed by atoms with Gasteiger partial charge in [0.05, 0.1) is 5.60 Å². The van der Waals surface area contributed by atoms with Gasteiger partial charge in [-0.1, -0.05) is 52.9 Å². The Morgan fingerprint density at radius 2 is 1.72 bits per heavy atom. The van der Waals surface area contributed by atoms with Crippen molar-refractivity contribution in [3.8, 4) is 0 Å². The van der Waals surface area contributed by atoms with E-state index in [4.69, 9.17) is 4.74 Å². The van der Waals surface area contributed by atoms with E-state index in [0.29, 0.717) is 0 Å². The predicted octanol–water partition coefficient (Wildman–Crippen LogP) is 5.29. The van der Waals surface area contributed by atoms with E-state index in [1.54, 1.807) is 0 Å². The molecule has 0 spiro atoms. The van der Waals surface area contributed by atoms with Crippen molar-refractivity contribution in [2.24, 2.45) is 11.8 Å². The van der Waals surface area contributed by atoms with E-state index in [0.717, 1.165) is 11.8 Å². The summed E-state index contributed by atoms with van der Waals surface area (Å²) in [7, 11) is 4.73. The molecule has 0 saturated heterocycles. The molecule has 0 amide bonds. The zero-order valence-corrected chi connectivity index (χ0v) is 14.5. The lowest BCUT2D eigenvalue weighted by molar-refractivity contribution is -0.0107. The molecule has 2 heteroatoms. The van der Waals surface area contributed by atoms with Gasteiger partial charge in [0.2, 0.25) is 0 Å². The summed E-state index contributed by atoms with van der Waals surface area (Å²) >= 11 is 0. The molecule has 0 aromatic heterocycles. The van der Waals surface area contributed by atoms with E-state index < -0.39 is 0 Å². The van der Waals surface area contributed by atoms with Crippen LogP contribution < -0.4 is 0 Å². The normalized spacial score (nSPS) is 18.3. The topological polar surface area (TPSA) is 9.23 Å². The third kappa shape index (κ3) is 7.74. The Labute approximate surface area is 118 Å². The van der Waals surface area contributed by atoms with Crippen LogP contribution in [0.3, 0.4) is 0 Å². The maximum absolute atomic E-state index is 5.66. The first-order valence-corrected chi connectivity index (χ1v) is 8.56. The van der Waals surface area contributed by atoms with Crippen LogP contribution in [0.4, 0.5) is 0 Å². The molecule has 18 heavy (non-hydrogen) atoms. The SMILES string of the molecule is CCCC(C)(CCCCCC(C)C(C)CP)OC. The minimum Gasteiger partial charge on any atom is -0.379 e. The highest BCUT2D eigenvalue weighted by molar-refractivity contribution is 7.16. The number of hydrogen-bond acceptors (Lipinski definition) is 1. The molecular weight excluding hydrogens is 239 g/mol. The molecule has 0 aliphatic rings. The van der Waals surface area contributed by atoms with Crippen LogP contribution in [-0.4, -0.2) is 18.9 Å². The number of unbranched alkanes of at least 4 members (excludes halogenated alkanes) is 2. The van der Waals surface area contributed by atoms with Crippen LogP contribution in [0.15, 0.2) is 0 Å². The first kappa shape index (κ1) is 18.4. The third-order valence-electron chi connectivity index (χ3n) is 4.48. The highest BCUT2D eigenvalue weighted by atomic mass is 31.0. The average molecular weight is 274 g/mol. The third-order valence-corrected chi connectivity index (χ3v) is 5.22. The summed E-state index contributed by atoms with van der Waals surface area (Å²) in [5.41, 5.74) is 0.119. The van der Waals surface area contributed by atoms with Crippen molar-refractivity contribution < 1.29 is 4.74 Å². The molecule has 0 radical (unpaired) electrons. The van der Waals surface area contributed by atoms with Crippen LogP contribution in [0.1, 0.15) is 72.6 Å². The van der Waals surface area contributed by atoms with Crippen LogP contribution in [0.25, 0.3) is 0 Å². The minimum atomic E-state index is 0.119. The molecule has 0 rings (SSSR count). The molecule has 110 valence electrons. The standard InChI is InChI=1S/C16H35OP/c1-6-11-16(4,17-5)12-9-7-8-10-14(2)15(3)13-18/h14-15H,6-13,18H2,1-5H3. The Bertz CT molecular complexity index is 196. The summed E-state index contributed by atoms with van der Waals surface area (Å²) in [6, 6.07) is 0. The van der Waals surface area contributed by atoms with E-state index >= 15 is 0 Å². The van der Waals surface area contributed by atoms with Crippen molar-refractivity contribution >= 4 is 9.24 Å². The lowest BCUT2D eigenvalue weighted by Gasteiger charge is -2.28. The van der Waals surface area contributed by atoms with Gasteiger partial charge in [0.1, 0.15) is 0 Å². The van der Waals surface area contributed by atoms with Crippen molar-refractivity contribution in [2.75, 3.05) is 13.3 Å². The zero-order chi connectivity index (χ0) is 14.0. The second-order valence-corrected chi connectivity index (χ2v) is 6.67. The maximum atomic E-state index is 5.66. The first-order chi connectivity index (χ1) is 8.49. The number of methoxy groups -OCH3 is 1. The quantitative estimate of drug-likeness (QED) is 0.367. The van der Waals surface area contributed by atoms with Crippen molar-refractivity contribution in [2.45, 2.75) is 78.2 Å². The fourth-order valence-corrected chi connectivity index (χ4v) is 2.98. The number of ether oxygens (including phenoxy) is 1. The fourth-order valence-electron chi connectivity index (χ4n) is 2.52. The van der Waals surface area contributed by atoms with Crippen LogP contribution in [0, 0.1) is 11.8 Å². The Morgan fingerprint density at radius 1 is 1.06 bits per heavy atom. The number of hydrogen-bond donors (Lipinski definition) is 0. The summed E-state index contributed by atoms with van der Waals surface area (Å²) in [6.07, 6.45) is 10.3. The van der Waals surface area contributed by atoms with Gasteiger partial charge >= 0.3 is 0 Å². The Morgan fingerprint density at radius 3 is 2.22 bits per heavy atom. The van der Waals surface area contributed by atoms with Crippen LogP contribution >= 0.6 is 9.24 Å². The van der Waals surface area contributed by atoms with Gasteiger partial charge in [0, 0.05) is 7.11 Å². The molecule has 0 aromatic rings. The van der Waals surface area contributed by atoms with E-state index in [9.17, 15) is 0 Å². The molecule has 0 N–H and O–H groups in total. The van der Waals surface area contributed by atoms with Crippen LogP contribution in [-0.2, 0) is 4.74 Å². The van der Waals surface area contributed by atoms with Gasteiger partial charge in [-0.05, 0) is 37.8 Å². The van der Waals surface area contributed by atoms with Gasteiger partial charge in [-0.15, -0.1) is 9.24 Å².